The molecule has 0 aliphatic heterocycles. The van der Waals surface area contributed by atoms with Crippen molar-refractivity contribution in [3.63, 3.8) is 0 Å². The SMILES string of the molecule is O=C(Nc1cncc(Br)c1)c1cnn2ccncc12. The van der Waals surface area contributed by atoms with Gasteiger partial charge in [-0.05, 0) is 22.0 Å². The Kier molecular flexibility index (Phi) is 2.96. The molecule has 0 saturated carbocycles. The number of rotatable bonds is 2. The molecule has 94 valence electrons. The maximum absolute atomic E-state index is 12.2. The summed E-state index contributed by atoms with van der Waals surface area (Å²) >= 11 is 3.30. The summed E-state index contributed by atoms with van der Waals surface area (Å²) in [6.45, 7) is 0. The molecule has 0 fully saturated rings. The molecule has 0 atom stereocenters. The first-order valence-corrected chi connectivity index (χ1v) is 6.22. The molecule has 3 rings (SSSR count). The zero-order valence-electron chi connectivity index (χ0n) is 9.62. The van der Waals surface area contributed by atoms with Gasteiger partial charge in [-0.3, -0.25) is 14.8 Å². The summed E-state index contributed by atoms with van der Waals surface area (Å²) in [5, 5.41) is 6.85. The highest BCUT2D eigenvalue weighted by Crippen LogP contribution is 2.16. The summed E-state index contributed by atoms with van der Waals surface area (Å²) in [6, 6.07) is 1.77. The molecule has 0 aromatic carbocycles. The van der Waals surface area contributed by atoms with Crippen molar-refractivity contribution >= 4 is 33.0 Å². The molecule has 0 spiro atoms. The van der Waals surface area contributed by atoms with E-state index in [4.69, 9.17) is 0 Å². The Morgan fingerprint density at radius 2 is 2.11 bits per heavy atom. The lowest BCUT2D eigenvalue weighted by molar-refractivity contribution is 0.102. The number of hydrogen-bond acceptors (Lipinski definition) is 4. The topological polar surface area (TPSA) is 72.2 Å². The van der Waals surface area contributed by atoms with E-state index >= 15 is 0 Å². The number of amides is 1. The first-order chi connectivity index (χ1) is 9.24. The second-order valence-corrected chi connectivity index (χ2v) is 4.73. The van der Waals surface area contributed by atoms with Crippen LogP contribution in [0.4, 0.5) is 5.69 Å². The fraction of sp³-hybridized carbons (Fsp3) is 0. The molecule has 0 radical (unpaired) electrons. The van der Waals surface area contributed by atoms with Gasteiger partial charge in [-0.25, -0.2) is 4.52 Å². The van der Waals surface area contributed by atoms with Crippen LogP contribution in [-0.4, -0.2) is 25.5 Å². The Morgan fingerprint density at radius 1 is 1.21 bits per heavy atom. The Hall–Kier alpha value is -2.28. The monoisotopic (exact) mass is 317 g/mol. The average molecular weight is 318 g/mol. The van der Waals surface area contributed by atoms with E-state index in [1.807, 2.05) is 0 Å². The van der Waals surface area contributed by atoms with E-state index in [0.29, 0.717) is 16.8 Å². The molecule has 3 aromatic heterocycles. The average Bonchev–Trinajstić information content (AvgIpc) is 2.82. The number of anilines is 1. The van der Waals surface area contributed by atoms with E-state index < -0.39 is 0 Å². The van der Waals surface area contributed by atoms with Gasteiger partial charge in [0.05, 0.1) is 35.4 Å². The predicted octanol–water partition coefficient (Wildman–Crippen LogP) is 2.14. The summed E-state index contributed by atoms with van der Waals surface area (Å²) in [7, 11) is 0. The number of carbonyl (C=O) groups excluding carboxylic acids is 1. The van der Waals surface area contributed by atoms with Crippen molar-refractivity contribution in [3.05, 3.63) is 53.3 Å². The van der Waals surface area contributed by atoms with E-state index in [-0.39, 0.29) is 5.91 Å². The highest BCUT2D eigenvalue weighted by atomic mass is 79.9. The molecule has 7 heteroatoms. The molecule has 19 heavy (non-hydrogen) atoms. The molecule has 0 unspecified atom stereocenters. The second kappa shape index (κ2) is 4.77. The minimum Gasteiger partial charge on any atom is -0.320 e. The van der Waals surface area contributed by atoms with Crippen molar-refractivity contribution in [2.24, 2.45) is 0 Å². The van der Waals surface area contributed by atoms with Crippen molar-refractivity contribution < 1.29 is 4.79 Å². The van der Waals surface area contributed by atoms with Crippen molar-refractivity contribution in [1.29, 1.82) is 0 Å². The lowest BCUT2D eigenvalue weighted by Crippen LogP contribution is -2.11. The zero-order valence-corrected chi connectivity index (χ0v) is 11.2. The molecule has 3 heterocycles. The van der Waals surface area contributed by atoms with Crippen molar-refractivity contribution in [2.45, 2.75) is 0 Å². The van der Waals surface area contributed by atoms with Crippen LogP contribution in [0, 0.1) is 0 Å². The molecule has 0 saturated heterocycles. The van der Waals surface area contributed by atoms with Crippen molar-refractivity contribution in [1.82, 2.24) is 19.6 Å². The molecule has 0 aliphatic rings. The highest BCUT2D eigenvalue weighted by Gasteiger charge is 2.12. The normalized spacial score (nSPS) is 10.6. The Balaban J connectivity index is 1.92. The van der Waals surface area contributed by atoms with Crippen LogP contribution in [0.25, 0.3) is 5.52 Å². The molecular formula is C12H8BrN5O. The molecule has 0 bridgehead atoms. The van der Waals surface area contributed by atoms with Crippen LogP contribution >= 0.6 is 15.9 Å². The van der Waals surface area contributed by atoms with Gasteiger partial charge in [-0.2, -0.15) is 5.10 Å². The van der Waals surface area contributed by atoms with Gasteiger partial charge in [0.1, 0.15) is 0 Å². The second-order valence-electron chi connectivity index (χ2n) is 3.81. The number of carbonyl (C=O) groups is 1. The van der Waals surface area contributed by atoms with E-state index in [1.165, 1.54) is 6.20 Å². The fourth-order valence-electron chi connectivity index (χ4n) is 1.69. The molecule has 6 nitrogen and oxygen atoms in total. The number of nitrogens with zero attached hydrogens (tertiary/aromatic N) is 4. The number of fused-ring (bicyclic) bond motifs is 1. The van der Waals surface area contributed by atoms with E-state index in [2.05, 4.69) is 36.3 Å². The van der Waals surface area contributed by atoms with Gasteiger partial charge in [-0.1, -0.05) is 0 Å². The lowest BCUT2D eigenvalue weighted by atomic mass is 10.2. The van der Waals surface area contributed by atoms with Crippen LogP contribution < -0.4 is 5.32 Å². The predicted molar refractivity (Wildman–Crippen MR) is 72.9 cm³/mol. The molecule has 1 N–H and O–H groups in total. The van der Waals surface area contributed by atoms with Crippen LogP contribution in [0.3, 0.4) is 0 Å². The van der Waals surface area contributed by atoms with Crippen LogP contribution in [0.1, 0.15) is 10.4 Å². The number of hydrogen-bond donors (Lipinski definition) is 1. The van der Waals surface area contributed by atoms with Gasteiger partial charge in [0.15, 0.2) is 0 Å². The Bertz CT molecular complexity index is 754. The quantitative estimate of drug-likeness (QED) is 0.786. The number of aromatic nitrogens is 4. The van der Waals surface area contributed by atoms with Crippen LogP contribution in [0.2, 0.25) is 0 Å². The molecular weight excluding hydrogens is 310 g/mol. The van der Waals surface area contributed by atoms with Gasteiger partial charge in [0, 0.05) is 23.1 Å². The zero-order chi connectivity index (χ0) is 13.2. The van der Waals surface area contributed by atoms with Gasteiger partial charge in [0.2, 0.25) is 0 Å². The third-order valence-corrected chi connectivity index (χ3v) is 2.97. The molecule has 3 aromatic rings. The van der Waals surface area contributed by atoms with Crippen LogP contribution in [0.15, 0.2) is 47.7 Å². The first-order valence-electron chi connectivity index (χ1n) is 5.43. The van der Waals surface area contributed by atoms with Crippen molar-refractivity contribution in [3.8, 4) is 0 Å². The van der Waals surface area contributed by atoms with Gasteiger partial charge in [0.25, 0.3) is 5.91 Å². The smallest absolute Gasteiger partial charge is 0.259 e. The Labute approximate surface area is 116 Å². The van der Waals surface area contributed by atoms with Gasteiger partial charge in [-0.15, -0.1) is 0 Å². The Morgan fingerprint density at radius 3 is 2.95 bits per heavy atom. The number of nitrogens with one attached hydrogen (secondary N) is 1. The maximum atomic E-state index is 12.2. The third-order valence-electron chi connectivity index (χ3n) is 2.53. The summed E-state index contributed by atoms with van der Waals surface area (Å²) < 4.78 is 2.40. The van der Waals surface area contributed by atoms with Crippen LogP contribution in [-0.2, 0) is 0 Å². The molecule has 0 aliphatic carbocycles. The summed E-state index contributed by atoms with van der Waals surface area (Å²) in [5.41, 5.74) is 1.73. The minimum absolute atomic E-state index is 0.247. The van der Waals surface area contributed by atoms with Crippen LogP contribution in [0.5, 0.6) is 0 Å². The standard InChI is InChI=1S/C12H8BrN5O/c13-8-3-9(5-15-4-8)17-12(19)10-6-16-18-2-1-14-7-11(10)18/h1-7H,(H,17,19). The van der Waals surface area contributed by atoms with E-state index in [9.17, 15) is 4.79 Å². The summed E-state index contributed by atoms with van der Waals surface area (Å²) in [5.74, 6) is -0.247. The lowest BCUT2D eigenvalue weighted by Gasteiger charge is -2.03. The number of halogens is 1. The minimum atomic E-state index is -0.247. The van der Waals surface area contributed by atoms with E-state index in [0.717, 1.165) is 4.47 Å². The largest absolute Gasteiger partial charge is 0.320 e. The maximum Gasteiger partial charge on any atom is 0.259 e. The molecule has 1 amide bonds. The van der Waals surface area contributed by atoms with Crippen molar-refractivity contribution in [2.75, 3.05) is 5.32 Å². The highest BCUT2D eigenvalue weighted by molar-refractivity contribution is 9.10. The fourth-order valence-corrected chi connectivity index (χ4v) is 2.05. The first kappa shape index (κ1) is 11.8. The number of pyridine rings is 1. The van der Waals surface area contributed by atoms with Gasteiger partial charge < -0.3 is 5.32 Å². The van der Waals surface area contributed by atoms with Gasteiger partial charge >= 0.3 is 0 Å². The summed E-state index contributed by atoms with van der Waals surface area (Å²) in [4.78, 5) is 20.1. The summed E-state index contributed by atoms with van der Waals surface area (Å²) in [6.07, 6.45) is 9.63. The third kappa shape index (κ3) is 2.32. The van der Waals surface area contributed by atoms with E-state index in [1.54, 1.807) is 41.6 Å².